The molecule has 1 amide bonds. The minimum Gasteiger partial charge on any atom is -0.393 e. The van der Waals surface area contributed by atoms with Gasteiger partial charge in [0.1, 0.15) is 0 Å². The van der Waals surface area contributed by atoms with E-state index in [1.165, 1.54) is 0 Å². The third kappa shape index (κ3) is 2.18. The van der Waals surface area contributed by atoms with Crippen molar-refractivity contribution in [3.05, 3.63) is 0 Å². The number of aliphatic hydroxyl groups is 1. The Labute approximate surface area is 107 Å². The zero-order valence-corrected chi connectivity index (χ0v) is 11.0. The zero-order chi connectivity index (χ0) is 12.6. The predicted octanol–water partition coefficient (Wildman–Crippen LogP) is 0.672. The Morgan fingerprint density at radius 2 is 1.94 bits per heavy atom. The maximum atomic E-state index is 12.5. The van der Waals surface area contributed by atoms with Gasteiger partial charge in [0, 0.05) is 13.1 Å². The Kier molecular flexibility index (Phi) is 3.41. The van der Waals surface area contributed by atoms with Gasteiger partial charge in [0.15, 0.2) is 0 Å². The minimum absolute atomic E-state index is 0.0787. The summed E-state index contributed by atoms with van der Waals surface area (Å²) in [5.41, 5.74) is 5.18. The summed E-state index contributed by atoms with van der Waals surface area (Å²) in [4.78, 5) is 14.6. The van der Waals surface area contributed by atoms with Crippen molar-refractivity contribution >= 4 is 23.1 Å². The fraction of sp³-hybridized carbons (Fsp3) is 0.833. The number of amides is 1. The number of nitrogens with zero attached hydrogens (tertiary/aromatic N) is 1. The lowest BCUT2D eigenvalue weighted by Crippen LogP contribution is -2.58. The second kappa shape index (κ2) is 4.53. The molecule has 0 unspecified atom stereocenters. The Hall–Kier alpha value is -0.680. The Balaban J connectivity index is 2.05. The first-order valence-corrected chi connectivity index (χ1v) is 6.64. The lowest BCUT2D eigenvalue weighted by molar-refractivity contribution is -0.146. The molecular weight excluding hydrogens is 236 g/mol. The maximum absolute atomic E-state index is 12.5. The van der Waals surface area contributed by atoms with E-state index in [4.69, 9.17) is 18.0 Å². The molecule has 4 nitrogen and oxygen atoms in total. The van der Waals surface area contributed by atoms with Gasteiger partial charge >= 0.3 is 0 Å². The van der Waals surface area contributed by atoms with Crippen LogP contribution >= 0.6 is 12.2 Å². The van der Waals surface area contributed by atoms with Crippen molar-refractivity contribution in [1.82, 2.24) is 4.90 Å². The lowest BCUT2D eigenvalue weighted by Gasteiger charge is -2.47. The molecular formula is C12H20N2O2S. The molecule has 0 radical (unpaired) electrons. The Morgan fingerprint density at radius 3 is 2.35 bits per heavy atom. The fourth-order valence-electron chi connectivity index (χ4n) is 2.98. The normalized spacial score (nSPS) is 34.2. The molecule has 96 valence electrons. The Morgan fingerprint density at radius 1 is 1.41 bits per heavy atom. The van der Waals surface area contributed by atoms with E-state index < -0.39 is 5.41 Å². The first-order valence-electron chi connectivity index (χ1n) is 6.23. The van der Waals surface area contributed by atoms with E-state index in [2.05, 4.69) is 6.92 Å². The molecule has 2 fully saturated rings. The third-order valence-electron chi connectivity index (χ3n) is 4.03. The van der Waals surface area contributed by atoms with E-state index in [0.29, 0.717) is 36.8 Å². The topological polar surface area (TPSA) is 66.6 Å². The van der Waals surface area contributed by atoms with Gasteiger partial charge in [-0.3, -0.25) is 4.79 Å². The summed E-state index contributed by atoms with van der Waals surface area (Å²) in [7, 11) is 0. The van der Waals surface area contributed by atoms with Gasteiger partial charge in [-0.1, -0.05) is 19.1 Å². The molecule has 1 heterocycles. The van der Waals surface area contributed by atoms with Crippen LogP contribution in [0.2, 0.25) is 0 Å². The predicted molar refractivity (Wildman–Crippen MR) is 69.4 cm³/mol. The lowest BCUT2D eigenvalue weighted by atomic mass is 9.61. The zero-order valence-electron chi connectivity index (χ0n) is 10.2. The molecule has 0 aromatic carbocycles. The number of piperidine rings is 1. The van der Waals surface area contributed by atoms with Crippen LogP contribution in [0.5, 0.6) is 0 Å². The molecule has 0 aromatic heterocycles. The highest BCUT2D eigenvalue weighted by atomic mass is 32.1. The van der Waals surface area contributed by atoms with E-state index in [1.54, 1.807) is 0 Å². The number of aliphatic hydroxyl groups excluding tert-OH is 1. The summed E-state index contributed by atoms with van der Waals surface area (Å²) in [6.07, 6.45) is 2.62. The van der Waals surface area contributed by atoms with Crippen LogP contribution in [0.15, 0.2) is 0 Å². The molecule has 1 aliphatic heterocycles. The van der Waals surface area contributed by atoms with Gasteiger partial charge in [0.05, 0.1) is 16.5 Å². The summed E-state index contributed by atoms with van der Waals surface area (Å²) in [5, 5.41) is 9.45. The van der Waals surface area contributed by atoms with Gasteiger partial charge in [-0.05, 0) is 31.6 Å². The van der Waals surface area contributed by atoms with Crippen LogP contribution in [0.25, 0.3) is 0 Å². The number of likely N-dealkylation sites (tertiary alicyclic amines) is 1. The third-order valence-corrected chi connectivity index (χ3v) is 4.42. The van der Waals surface area contributed by atoms with E-state index in [9.17, 15) is 9.90 Å². The van der Waals surface area contributed by atoms with Gasteiger partial charge in [0.25, 0.3) is 0 Å². The highest BCUT2D eigenvalue weighted by molar-refractivity contribution is 7.80. The number of carbonyl (C=O) groups excluding carboxylic acids is 1. The highest BCUT2D eigenvalue weighted by Crippen LogP contribution is 2.47. The van der Waals surface area contributed by atoms with Gasteiger partial charge in [-0.2, -0.15) is 0 Å². The SMILES string of the molecule is CC1CC(C(=O)N2CCC(O)CC2)(C(N)=S)C1. The summed E-state index contributed by atoms with van der Waals surface area (Å²) < 4.78 is 0. The molecule has 3 N–H and O–H groups in total. The summed E-state index contributed by atoms with van der Waals surface area (Å²) >= 11 is 5.08. The second-order valence-corrected chi connectivity index (χ2v) is 5.92. The molecule has 0 atom stereocenters. The van der Waals surface area contributed by atoms with Gasteiger partial charge in [-0.25, -0.2) is 0 Å². The van der Waals surface area contributed by atoms with Crippen LogP contribution in [-0.2, 0) is 4.79 Å². The van der Waals surface area contributed by atoms with Crippen molar-refractivity contribution in [3.63, 3.8) is 0 Å². The van der Waals surface area contributed by atoms with Crippen LogP contribution in [0.3, 0.4) is 0 Å². The van der Waals surface area contributed by atoms with E-state index in [1.807, 2.05) is 4.90 Å². The van der Waals surface area contributed by atoms with Crippen molar-refractivity contribution in [1.29, 1.82) is 0 Å². The van der Waals surface area contributed by atoms with Gasteiger partial charge in [0.2, 0.25) is 5.91 Å². The quantitative estimate of drug-likeness (QED) is 0.713. The molecule has 17 heavy (non-hydrogen) atoms. The van der Waals surface area contributed by atoms with Gasteiger partial charge in [-0.15, -0.1) is 0 Å². The van der Waals surface area contributed by atoms with Crippen molar-refractivity contribution in [2.45, 2.75) is 38.7 Å². The number of thiocarbonyl (C=S) groups is 1. The molecule has 0 aromatic rings. The molecule has 1 saturated carbocycles. The Bertz CT molecular complexity index is 331. The van der Waals surface area contributed by atoms with Crippen LogP contribution in [0.1, 0.15) is 32.6 Å². The smallest absolute Gasteiger partial charge is 0.235 e. The van der Waals surface area contributed by atoms with Crippen LogP contribution < -0.4 is 5.73 Å². The monoisotopic (exact) mass is 256 g/mol. The average molecular weight is 256 g/mol. The van der Waals surface area contributed by atoms with Crippen molar-refractivity contribution in [3.8, 4) is 0 Å². The summed E-state index contributed by atoms with van der Waals surface area (Å²) in [6.45, 7) is 3.36. The van der Waals surface area contributed by atoms with Crippen LogP contribution in [0, 0.1) is 11.3 Å². The molecule has 2 rings (SSSR count). The largest absolute Gasteiger partial charge is 0.393 e. The second-order valence-electron chi connectivity index (χ2n) is 5.48. The van der Waals surface area contributed by atoms with E-state index in [-0.39, 0.29) is 12.0 Å². The van der Waals surface area contributed by atoms with Crippen LogP contribution in [-0.4, -0.2) is 40.1 Å². The minimum atomic E-state index is -0.586. The molecule has 0 bridgehead atoms. The first kappa shape index (κ1) is 12.8. The molecule has 1 aliphatic carbocycles. The molecule has 1 saturated heterocycles. The molecule has 2 aliphatic rings. The van der Waals surface area contributed by atoms with Gasteiger partial charge < -0.3 is 15.7 Å². The maximum Gasteiger partial charge on any atom is 0.235 e. The number of rotatable bonds is 2. The number of hydrogen-bond acceptors (Lipinski definition) is 3. The highest BCUT2D eigenvalue weighted by Gasteiger charge is 2.52. The fourth-order valence-corrected chi connectivity index (χ4v) is 3.24. The van der Waals surface area contributed by atoms with E-state index in [0.717, 1.165) is 12.8 Å². The average Bonchev–Trinajstić information content (AvgIpc) is 2.24. The molecule has 0 spiro atoms. The van der Waals surface area contributed by atoms with Crippen LogP contribution in [0.4, 0.5) is 0 Å². The number of carbonyl (C=O) groups is 1. The van der Waals surface area contributed by atoms with Crippen molar-refractivity contribution in [2.75, 3.05) is 13.1 Å². The standard InChI is InChI=1S/C12H20N2O2S/c1-8-6-12(7-8,10(13)17)11(16)14-4-2-9(15)3-5-14/h8-9,15H,2-7H2,1H3,(H2,13,17). The van der Waals surface area contributed by atoms with Crippen molar-refractivity contribution in [2.24, 2.45) is 17.1 Å². The van der Waals surface area contributed by atoms with E-state index >= 15 is 0 Å². The summed E-state index contributed by atoms with van der Waals surface area (Å²) in [5.74, 6) is 0.603. The molecule has 5 heteroatoms. The number of hydrogen-bond donors (Lipinski definition) is 2. The first-order chi connectivity index (χ1) is 7.95. The summed E-state index contributed by atoms with van der Waals surface area (Å²) in [6, 6.07) is 0. The van der Waals surface area contributed by atoms with Crippen molar-refractivity contribution < 1.29 is 9.90 Å². The number of nitrogens with two attached hydrogens (primary N) is 1.